The third kappa shape index (κ3) is 2.60. The molecule has 0 aromatic heterocycles. The molecule has 5 nitrogen and oxygen atoms in total. The van der Waals surface area contributed by atoms with Gasteiger partial charge in [0.05, 0.1) is 11.3 Å². The zero-order valence-electron chi connectivity index (χ0n) is 11.3. The highest BCUT2D eigenvalue weighted by molar-refractivity contribution is 7.92. The lowest BCUT2D eigenvalue weighted by Gasteiger charge is -2.14. The van der Waals surface area contributed by atoms with Crippen LogP contribution in [0, 0.1) is 0 Å². The molecule has 1 aromatic rings. The third-order valence-electron chi connectivity index (χ3n) is 3.38. The Balaban J connectivity index is 2.26. The van der Waals surface area contributed by atoms with Crippen molar-refractivity contribution in [3.8, 4) is 0 Å². The second kappa shape index (κ2) is 5.75. The molecule has 1 aromatic carbocycles. The van der Waals surface area contributed by atoms with E-state index in [1.807, 2.05) is 6.92 Å². The molecule has 1 aliphatic rings. The van der Waals surface area contributed by atoms with E-state index in [1.165, 1.54) is 12.1 Å². The fourth-order valence-electron chi connectivity index (χ4n) is 2.22. The molecule has 0 N–H and O–H groups in total. The smallest absolute Gasteiger partial charge is 0.248 e. The van der Waals surface area contributed by atoms with Crippen LogP contribution in [-0.2, 0) is 19.4 Å². The second-order valence-corrected chi connectivity index (χ2v) is 6.92. The number of sulfone groups is 1. The van der Waals surface area contributed by atoms with Crippen LogP contribution in [0.4, 0.5) is 0 Å². The van der Waals surface area contributed by atoms with E-state index in [2.05, 4.69) is 0 Å². The van der Waals surface area contributed by atoms with E-state index in [0.717, 1.165) is 11.3 Å². The molecule has 20 heavy (non-hydrogen) atoms. The highest BCUT2D eigenvalue weighted by Crippen LogP contribution is 2.26. The number of likely N-dealkylation sites (tertiary alicyclic amines) is 1. The van der Waals surface area contributed by atoms with Gasteiger partial charge < -0.3 is 0 Å². The molecule has 108 valence electrons. The molecular formula is C14H17NO4S. The van der Waals surface area contributed by atoms with Gasteiger partial charge in [-0.3, -0.25) is 14.5 Å². The molecule has 2 rings (SSSR count). The monoisotopic (exact) mass is 295 g/mol. The minimum Gasteiger partial charge on any atom is -0.281 e. The number of unbranched alkanes of at least 4 members (excludes halogenated alkanes) is 1. The Morgan fingerprint density at radius 3 is 2.45 bits per heavy atom. The summed E-state index contributed by atoms with van der Waals surface area (Å²) in [5.74, 6) is -0.986. The van der Waals surface area contributed by atoms with Crippen molar-refractivity contribution in [1.82, 2.24) is 4.90 Å². The van der Waals surface area contributed by atoms with Gasteiger partial charge in [0, 0.05) is 6.54 Å². The van der Waals surface area contributed by atoms with Gasteiger partial charge in [-0.2, -0.15) is 0 Å². The van der Waals surface area contributed by atoms with Gasteiger partial charge in [-0.15, -0.1) is 0 Å². The van der Waals surface area contributed by atoms with Crippen LogP contribution >= 0.6 is 0 Å². The highest BCUT2D eigenvalue weighted by atomic mass is 32.2. The number of amides is 2. The van der Waals surface area contributed by atoms with Crippen LogP contribution < -0.4 is 0 Å². The van der Waals surface area contributed by atoms with Crippen molar-refractivity contribution in [2.24, 2.45) is 0 Å². The summed E-state index contributed by atoms with van der Waals surface area (Å²) in [6, 6.07) is 7.80. The van der Waals surface area contributed by atoms with Crippen molar-refractivity contribution in [3.63, 3.8) is 0 Å². The van der Waals surface area contributed by atoms with Crippen LogP contribution in [0.3, 0.4) is 0 Å². The Kier molecular flexibility index (Phi) is 4.23. The van der Waals surface area contributed by atoms with Gasteiger partial charge in [0.25, 0.3) is 0 Å². The summed E-state index contributed by atoms with van der Waals surface area (Å²) >= 11 is 0. The first-order valence-electron chi connectivity index (χ1n) is 6.61. The van der Waals surface area contributed by atoms with E-state index < -0.39 is 26.9 Å². The van der Waals surface area contributed by atoms with Crippen LogP contribution in [0.1, 0.15) is 26.2 Å². The maximum atomic E-state index is 12.4. The van der Waals surface area contributed by atoms with Crippen LogP contribution in [-0.4, -0.2) is 36.9 Å². The normalized spacial score (nSPS) is 19.6. The Morgan fingerprint density at radius 2 is 1.85 bits per heavy atom. The standard InChI is InChI=1S/C14H17NO4S/c1-2-3-9-15-13(16)10-12(14(15)17)20(18,19)11-7-5-4-6-8-11/h4-8,12H,2-3,9-10H2,1H3. The van der Waals surface area contributed by atoms with E-state index in [9.17, 15) is 18.0 Å². The molecule has 0 saturated carbocycles. The summed E-state index contributed by atoms with van der Waals surface area (Å²) in [5.41, 5.74) is 0. The first-order valence-corrected chi connectivity index (χ1v) is 8.16. The Morgan fingerprint density at radius 1 is 1.20 bits per heavy atom. The molecule has 1 fully saturated rings. The predicted octanol–water partition coefficient (Wildman–Crippen LogP) is 1.39. The van der Waals surface area contributed by atoms with Crippen molar-refractivity contribution in [3.05, 3.63) is 30.3 Å². The molecule has 6 heteroatoms. The number of nitrogens with zero attached hydrogens (tertiary/aromatic N) is 1. The van der Waals surface area contributed by atoms with E-state index in [0.29, 0.717) is 13.0 Å². The number of imide groups is 1. The van der Waals surface area contributed by atoms with Crippen molar-refractivity contribution >= 4 is 21.7 Å². The van der Waals surface area contributed by atoms with Crippen LogP contribution in [0.2, 0.25) is 0 Å². The molecule has 0 bridgehead atoms. The van der Waals surface area contributed by atoms with Crippen molar-refractivity contribution in [2.45, 2.75) is 36.3 Å². The van der Waals surface area contributed by atoms with Crippen LogP contribution in [0.25, 0.3) is 0 Å². The van der Waals surface area contributed by atoms with Crippen molar-refractivity contribution in [1.29, 1.82) is 0 Å². The molecule has 0 aliphatic carbocycles. The quantitative estimate of drug-likeness (QED) is 0.770. The van der Waals surface area contributed by atoms with Crippen LogP contribution in [0.5, 0.6) is 0 Å². The number of benzene rings is 1. The predicted molar refractivity (Wildman–Crippen MR) is 73.7 cm³/mol. The van der Waals surface area contributed by atoms with Crippen LogP contribution in [0.15, 0.2) is 35.2 Å². The van der Waals surface area contributed by atoms with Gasteiger partial charge in [0.15, 0.2) is 15.1 Å². The average Bonchev–Trinajstić information content (AvgIpc) is 2.73. The molecule has 0 spiro atoms. The number of hydrogen-bond donors (Lipinski definition) is 0. The molecule has 2 amide bonds. The second-order valence-electron chi connectivity index (χ2n) is 4.79. The van der Waals surface area contributed by atoms with Crippen molar-refractivity contribution < 1.29 is 18.0 Å². The highest BCUT2D eigenvalue weighted by Gasteiger charge is 2.46. The largest absolute Gasteiger partial charge is 0.281 e. The topological polar surface area (TPSA) is 71.5 Å². The molecule has 1 heterocycles. The third-order valence-corrected chi connectivity index (χ3v) is 5.43. The average molecular weight is 295 g/mol. The van der Waals surface area contributed by atoms with Gasteiger partial charge in [-0.25, -0.2) is 8.42 Å². The Hall–Kier alpha value is -1.69. The number of rotatable bonds is 5. The van der Waals surface area contributed by atoms with Gasteiger partial charge in [0.1, 0.15) is 0 Å². The number of hydrogen-bond acceptors (Lipinski definition) is 4. The Labute approximate surface area is 118 Å². The fourth-order valence-corrected chi connectivity index (χ4v) is 3.84. The lowest BCUT2D eigenvalue weighted by molar-refractivity contribution is -0.138. The molecule has 1 atom stereocenters. The minimum absolute atomic E-state index is 0.0866. The van der Waals surface area contributed by atoms with Crippen molar-refractivity contribution in [2.75, 3.05) is 6.54 Å². The SMILES string of the molecule is CCCCN1C(=O)CC(S(=O)(=O)c2ccccc2)C1=O. The summed E-state index contributed by atoms with van der Waals surface area (Å²) in [5, 5.41) is -1.27. The summed E-state index contributed by atoms with van der Waals surface area (Å²) in [4.78, 5) is 25.2. The summed E-state index contributed by atoms with van der Waals surface area (Å²) in [6.07, 6.45) is 1.28. The zero-order valence-corrected chi connectivity index (χ0v) is 12.1. The number of carbonyl (C=O) groups is 2. The molecule has 1 unspecified atom stereocenters. The van der Waals surface area contributed by atoms with E-state index in [1.54, 1.807) is 18.2 Å². The van der Waals surface area contributed by atoms with E-state index in [-0.39, 0.29) is 11.3 Å². The number of carbonyl (C=O) groups excluding carboxylic acids is 2. The molecular weight excluding hydrogens is 278 g/mol. The summed E-state index contributed by atoms with van der Waals surface area (Å²) < 4.78 is 24.8. The van der Waals surface area contributed by atoms with E-state index in [4.69, 9.17) is 0 Å². The van der Waals surface area contributed by atoms with Gasteiger partial charge in [0.2, 0.25) is 11.8 Å². The lowest BCUT2D eigenvalue weighted by Crippen LogP contribution is -2.35. The maximum absolute atomic E-state index is 12.4. The molecule has 1 saturated heterocycles. The van der Waals surface area contributed by atoms with Gasteiger partial charge in [-0.05, 0) is 18.6 Å². The first kappa shape index (κ1) is 14.7. The zero-order chi connectivity index (χ0) is 14.8. The fraction of sp³-hybridized carbons (Fsp3) is 0.429. The minimum atomic E-state index is -3.79. The Bertz CT molecular complexity index is 609. The van der Waals surface area contributed by atoms with Gasteiger partial charge in [-0.1, -0.05) is 31.5 Å². The summed E-state index contributed by atoms with van der Waals surface area (Å²) in [7, 11) is -3.79. The van der Waals surface area contributed by atoms with Gasteiger partial charge >= 0.3 is 0 Å². The summed E-state index contributed by atoms with van der Waals surface area (Å²) in [6.45, 7) is 2.25. The molecule has 0 radical (unpaired) electrons. The molecule has 1 aliphatic heterocycles. The maximum Gasteiger partial charge on any atom is 0.248 e. The van der Waals surface area contributed by atoms with E-state index >= 15 is 0 Å². The lowest BCUT2D eigenvalue weighted by atomic mass is 10.3. The first-order chi connectivity index (χ1) is 9.48.